The molecule has 4 nitrogen and oxygen atoms in total. The summed E-state index contributed by atoms with van der Waals surface area (Å²) >= 11 is 0. The van der Waals surface area contributed by atoms with Crippen molar-refractivity contribution < 1.29 is 9.18 Å². The Morgan fingerprint density at radius 3 is 2.57 bits per heavy atom. The summed E-state index contributed by atoms with van der Waals surface area (Å²) in [5.74, 6) is 4.70. The maximum Gasteiger partial charge on any atom is 0.227 e. The molecule has 0 unspecified atom stereocenters. The molecule has 1 heterocycles. The fraction of sp³-hybridized carbons (Fsp3) is 0.167. The molecule has 1 aromatic heterocycles. The molecule has 5 heteroatoms. The number of halogens is 1. The fourth-order valence-corrected chi connectivity index (χ4v) is 1.69. The van der Waals surface area contributed by atoms with E-state index in [0.717, 1.165) is 0 Å². The molecule has 1 N–H and O–H groups in total. The number of nitrogens with one attached hydrogen (secondary N) is 1. The van der Waals surface area contributed by atoms with Crippen LogP contribution < -0.4 is 5.32 Å². The molecule has 0 aliphatic carbocycles. The van der Waals surface area contributed by atoms with E-state index in [2.05, 4.69) is 22.1 Å². The first kappa shape index (κ1) is 16.2. The van der Waals surface area contributed by atoms with Gasteiger partial charge >= 0.3 is 0 Å². The van der Waals surface area contributed by atoms with Gasteiger partial charge in [-0.2, -0.15) is 5.26 Å². The first-order valence-corrected chi connectivity index (χ1v) is 6.97. The van der Waals surface area contributed by atoms with E-state index in [1.807, 2.05) is 6.07 Å². The zero-order valence-corrected chi connectivity index (χ0v) is 12.7. The number of hydrogen-bond donors (Lipinski definition) is 1. The van der Waals surface area contributed by atoms with Crippen molar-refractivity contribution in [2.45, 2.75) is 13.8 Å². The Balaban J connectivity index is 2.26. The minimum atomic E-state index is -0.516. The fourth-order valence-electron chi connectivity index (χ4n) is 1.69. The Morgan fingerprint density at radius 1 is 1.17 bits per heavy atom. The number of nitrogens with zero attached hydrogens (tertiary/aromatic N) is 2. The van der Waals surface area contributed by atoms with Gasteiger partial charge in [-0.15, -0.1) is 0 Å². The van der Waals surface area contributed by atoms with Crippen molar-refractivity contribution in [1.82, 2.24) is 4.98 Å². The summed E-state index contributed by atoms with van der Waals surface area (Å²) in [6, 6.07) is 7.86. The molecule has 0 fully saturated rings. The van der Waals surface area contributed by atoms with Gasteiger partial charge in [-0.05, 0) is 24.3 Å². The molecule has 0 spiro atoms. The second-order valence-electron chi connectivity index (χ2n) is 5.16. The van der Waals surface area contributed by atoms with Crippen molar-refractivity contribution in [3.8, 4) is 17.9 Å². The summed E-state index contributed by atoms with van der Waals surface area (Å²) in [6.45, 7) is 3.46. The average molecular weight is 307 g/mol. The van der Waals surface area contributed by atoms with Gasteiger partial charge < -0.3 is 5.32 Å². The maximum atomic E-state index is 13.7. The second kappa shape index (κ2) is 7.20. The molecule has 0 radical (unpaired) electrons. The van der Waals surface area contributed by atoms with E-state index in [4.69, 9.17) is 5.26 Å². The van der Waals surface area contributed by atoms with Crippen LogP contribution in [0.2, 0.25) is 0 Å². The molecule has 0 bridgehead atoms. The number of carbonyl (C=O) groups excluding carboxylic acids is 1. The third kappa shape index (κ3) is 4.39. The molecule has 1 amide bonds. The molecule has 0 aliphatic rings. The van der Waals surface area contributed by atoms with Crippen LogP contribution in [0.15, 0.2) is 36.7 Å². The van der Waals surface area contributed by atoms with Crippen molar-refractivity contribution in [2.24, 2.45) is 5.92 Å². The standard InChI is InChI=1S/C18H14FN3O/c1-12(2)18(23)22-17-8-13(5-6-16(17)19)3-4-14-7-15(9-20)11-21-10-14/h5-8,10-12H,1-2H3,(H,22,23). The molecule has 0 atom stereocenters. The van der Waals surface area contributed by atoms with Crippen molar-refractivity contribution >= 4 is 11.6 Å². The number of aromatic nitrogens is 1. The van der Waals surface area contributed by atoms with Crippen molar-refractivity contribution in [3.63, 3.8) is 0 Å². The third-order valence-electron chi connectivity index (χ3n) is 2.97. The number of pyridine rings is 1. The highest BCUT2D eigenvalue weighted by Gasteiger charge is 2.10. The van der Waals surface area contributed by atoms with Crippen molar-refractivity contribution in [1.29, 1.82) is 5.26 Å². The minimum absolute atomic E-state index is 0.0967. The maximum absolute atomic E-state index is 13.7. The number of hydrogen-bond acceptors (Lipinski definition) is 3. The highest BCUT2D eigenvalue weighted by Crippen LogP contribution is 2.16. The van der Waals surface area contributed by atoms with Gasteiger partial charge in [-0.1, -0.05) is 25.7 Å². The van der Waals surface area contributed by atoms with Gasteiger partial charge in [0.15, 0.2) is 0 Å². The average Bonchev–Trinajstić information content (AvgIpc) is 2.55. The molecule has 2 rings (SSSR count). The van der Waals surface area contributed by atoms with Crippen LogP contribution in [0.1, 0.15) is 30.5 Å². The quantitative estimate of drug-likeness (QED) is 0.867. The van der Waals surface area contributed by atoms with Crippen LogP contribution in [0.25, 0.3) is 0 Å². The van der Waals surface area contributed by atoms with Crippen molar-refractivity contribution in [2.75, 3.05) is 5.32 Å². The van der Waals surface area contributed by atoms with E-state index in [1.165, 1.54) is 24.4 Å². The lowest BCUT2D eigenvalue weighted by Gasteiger charge is -2.08. The first-order valence-electron chi connectivity index (χ1n) is 6.97. The number of carbonyl (C=O) groups is 1. The molecule has 114 valence electrons. The Hall–Kier alpha value is -3.18. The van der Waals surface area contributed by atoms with Crippen LogP contribution in [0.5, 0.6) is 0 Å². The van der Waals surface area contributed by atoms with Gasteiger partial charge in [0.25, 0.3) is 0 Å². The normalized spacial score (nSPS) is 9.70. The third-order valence-corrected chi connectivity index (χ3v) is 2.97. The van der Waals surface area contributed by atoms with Gasteiger partial charge in [-0.3, -0.25) is 9.78 Å². The lowest BCUT2D eigenvalue weighted by molar-refractivity contribution is -0.118. The lowest BCUT2D eigenvalue weighted by Crippen LogP contribution is -2.18. The number of benzene rings is 1. The van der Waals surface area contributed by atoms with E-state index < -0.39 is 5.82 Å². The minimum Gasteiger partial charge on any atom is -0.323 e. The van der Waals surface area contributed by atoms with E-state index >= 15 is 0 Å². The summed E-state index contributed by atoms with van der Waals surface area (Å²) in [5.41, 5.74) is 1.65. The molecule has 1 aromatic carbocycles. The summed E-state index contributed by atoms with van der Waals surface area (Å²) in [4.78, 5) is 15.6. The van der Waals surface area contributed by atoms with Gasteiger partial charge in [0.05, 0.1) is 11.3 Å². The van der Waals surface area contributed by atoms with Crippen LogP contribution >= 0.6 is 0 Å². The summed E-state index contributed by atoms with van der Waals surface area (Å²) in [5, 5.41) is 11.4. The summed E-state index contributed by atoms with van der Waals surface area (Å²) < 4.78 is 13.7. The number of nitriles is 1. The Bertz CT molecular complexity index is 841. The SMILES string of the molecule is CC(C)C(=O)Nc1cc(C#Cc2cncc(C#N)c2)ccc1F. The smallest absolute Gasteiger partial charge is 0.227 e. The predicted molar refractivity (Wildman–Crippen MR) is 84.8 cm³/mol. The van der Waals surface area contributed by atoms with Gasteiger partial charge in [-0.25, -0.2) is 4.39 Å². The number of amides is 1. The zero-order chi connectivity index (χ0) is 16.8. The predicted octanol–water partition coefficient (Wildman–Crippen LogP) is 3.09. The molecular formula is C18H14FN3O. The van der Waals surface area contributed by atoms with Gasteiger partial charge in [0, 0.05) is 29.4 Å². The highest BCUT2D eigenvalue weighted by atomic mass is 19.1. The monoisotopic (exact) mass is 307 g/mol. The molecule has 0 saturated carbocycles. The van der Waals surface area contributed by atoms with Crippen molar-refractivity contribution in [3.05, 3.63) is 59.2 Å². The second-order valence-corrected chi connectivity index (χ2v) is 5.16. The molecule has 0 saturated heterocycles. The van der Waals surface area contributed by atoms with E-state index in [1.54, 1.807) is 26.1 Å². The lowest BCUT2D eigenvalue weighted by atomic mass is 10.1. The van der Waals surface area contributed by atoms with Gasteiger partial charge in [0.1, 0.15) is 11.9 Å². The molecule has 2 aromatic rings. The highest BCUT2D eigenvalue weighted by molar-refractivity contribution is 5.92. The summed E-state index contributed by atoms with van der Waals surface area (Å²) in [7, 11) is 0. The molecule has 23 heavy (non-hydrogen) atoms. The van der Waals surface area contributed by atoms with E-state index in [9.17, 15) is 9.18 Å². The topological polar surface area (TPSA) is 65.8 Å². The Morgan fingerprint density at radius 2 is 1.87 bits per heavy atom. The van der Waals surface area contributed by atoms with Crippen LogP contribution in [0, 0.1) is 34.9 Å². The van der Waals surface area contributed by atoms with Crippen LogP contribution in [-0.4, -0.2) is 10.9 Å². The van der Waals surface area contributed by atoms with Gasteiger partial charge in [0.2, 0.25) is 5.91 Å². The first-order chi connectivity index (χ1) is 11.0. The number of anilines is 1. The van der Waals surface area contributed by atoms with Crippen LogP contribution in [0.4, 0.5) is 10.1 Å². The summed E-state index contributed by atoms with van der Waals surface area (Å²) in [6.07, 6.45) is 2.99. The molecule has 0 aliphatic heterocycles. The largest absolute Gasteiger partial charge is 0.323 e. The Kier molecular flexibility index (Phi) is 5.07. The van der Waals surface area contributed by atoms with Crippen LogP contribution in [0.3, 0.4) is 0 Å². The van der Waals surface area contributed by atoms with Crippen LogP contribution in [-0.2, 0) is 4.79 Å². The van der Waals surface area contributed by atoms with E-state index in [-0.39, 0.29) is 17.5 Å². The zero-order valence-electron chi connectivity index (χ0n) is 12.7. The Labute approximate surface area is 134 Å². The molecular weight excluding hydrogens is 293 g/mol. The van der Waals surface area contributed by atoms with E-state index in [0.29, 0.717) is 16.7 Å². The number of rotatable bonds is 2.